The highest BCUT2D eigenvalue weighted by atomic mass is 79.9. The Morgan fingerprint density at radius 3 is 2.45 bits per heavy atom. The predicted octanol–water partition coefficient (Wildman–Crippen LogP) is 5.88. The molecule has 0 unspecified atom stereocenters. The van der Waals surface area contributed by atoms with Crippen LogP contribution in [0.5, 0.6) is 5.75 Å². The van der Waals surface area contributed by atoms with E-state index < -0.39 is 4.92 Å². The van der Waals surface area contributed by atoms with E-state index in [9.17, 15) is 20.0 Å². The zero-order valence-electron chi connectivity index (χ0n) is 16.6. The predicted molar refractivity (Wildman–Crippen MR) is 112 cm³/mol. The van der Waals surface area contributed by atoms with Gasteiger partial charge in [0, 0.05) is 22.5 Å². The highest BCUT2D eigenvalue weighted by molar-refractivity contribution is 9.10. The molecule has 0 aliphatic carbocycles. The van der Waals surface area contributed by atoms with Gasteiger partial charge in [0.15, 0.2) is 5.69 Å². The molecule has 0 saturated heterocycles. The summed E-state index contributed by atoms with van der Waals surface area (Å²) in [5, 5.41) is 30.0. The van der Waals surface area contributed by atoms with Crippen LogP contribution in [0.1, 0.15) is 38.3 Å². The maximum absolute atomic E-state index is 11.5. The Hall–Kier alpha value is -2.81. The number of carbonyl (C=O) groups is 1. The van der Waals surface area contributed by atoms with E-state index in [-0.39, 0.29) is 40.6 Å². The molecule has 2 aromatic carbocycles. The number of esters is 1. The first kappa shape index (κ1) is 22.5. The molecular formula is C20H22BrN3O5. The van der Waals surface area contributed by atoms with Crippen LogP contribution < -0.4 is 0 Å². The summed E-state index contributed by atoms with van der Waals surface area (Å²) in [4.78, 5) is 22.2. The summed E-state index contributed by atoms with van der Waals surface area (Å²) in [6.07, 6.45) is 0.580. The first-order chi connectivity index (χ1) is 13.5. The maximum Gasteiger partial charge on any atom is 0.305 e. The van der Waals surface area contributed by atoms with E-state index in [0.29, 0.717) is 16.5 Å². The number of rotatable bonds is 6. The first-order valence-electron chi connectivity index (χ1n) is 8.81. The average Bonchev–Trinajstić information content (AvgIpc) is 2.65. The molecule has 0 spiro atoms. The normalized spacial score (nSPS) is 11.6. The van der Waals surface area contributed by atoms with Gasteiger partial charge in [0.2, 0.25) is 0 Å². The SMILES string of the molecule is COC(=O)CCc1cc(/N=N/c2ccc(Br)cc2[N+](=O)[O-])c(O)c(C(C)(C)C)c1. The lowest BCUT2D eigenvalue weighted by atomic mass is 9.84. The summed E-state index contributed by atoms with van der Waals surface area (Å²) in [5.41, 5.74) is 1.06. The van der Waals surface area contributed by atoms with Crippen molar-refractivity contribution in [1.82, 2.24) is 0 Å². The lowest BCUT2D eigenvalue weighted by molar-refractivity contribution is -0.384. The Morgan fingerprint density at radius 1 is 1.21 bits per heavy atom. The van der Waals surface area contributed by atoms with Gasteiger partial charge < -0.3 is 9.84 Å². The number of phenols is 1. The summed E-state index contributed by atoms with van der Waals surface area (Å²) in [6, 6.07) is 7.85. The third-order valence-electron chi connectivity index (χ3n) is 4.20. The van der Waals surface area contributed by atoms with Crippen LogP contribution in [0.3, 0.4) is 0 Å². The molecule has 1 N–H and O–H groups in total. The molecule has 0 fully saturated rings. The molecule has 0 aliphatic heterocycles. The topological polar surface area (TPSA) is 114 Å². The fraction of sp³-hybridized carbons (Fsp3) is 0.350. The van der Waals surface area contributed by atoms with Crippen molar-refractivity contribution >= 4 is 39.0 Å². The highest BCUT2D eigenvalue weighted by Gasteiger charge is 2.22. The van der Waals surface area contributed by atoms with Crippen molar-refractivity contribution in [3.8, 4) is 5.75 Å². The third kappa shape index (κ3) is 5.83. The van der Waals surface area contributed by atoms with E-state index in [1.807, 2.05) is 26.8 Å². The van der Waals surface area contributed by atoms with Crippen LogP contribution in [-0.2, 0) is 21.4 Å². The van der Waals surface area contributed by atoms with Gasteiger partial charge in [-0.1, -0.05) is 42.8 Å². The molecule has 0 saturated carbocycles. The molecule has 0 atom stereocenters. The maximum atomic E-state index is 11.5. The third-order valence-corrected chi connectivity index (χ3v) is 4.70. The molecule has 2 aromatic rings. The minimum Gasteiger partial charge on any atom is -0.505 e. The van der Waals surface area contributed by atoms with Crippen molar-refractivity contribution in [2.75, 3.05) is 7.11 Å². The summed E-state index contributed by atoms with van der Waals surface area (Å²) in [7, 11) is 1.32. The van der Waals surface area contributed by atoms with E-state index in [4.69, 9.17) is 0 Å². The van der Waals surface area contributed by atoms with Crippen LogP contribution >= 0.6 is 15.9 Å². The van der Waals surface area contributed by atoms with E-state index in [1.54, 1.807) is 12.1 Å². The number of carbonyl (C=O) groups excluding carboxylic acids is 1. The number of nitro groups is 1. The summed E-state index contributed by atoms with van der Waals surface area (Å²) < 4.78 is 5.22. The smallest absolute Gasteiger partial charge is 0.305 e. The van der Waals surface area contributed by atoms with Gasteiger partial charge in [0.1, 0.15) is 11.4 Å². The van der Waals surface area contributed by atoms with Gasteiger partial charge in [-0.3, -0.25) is 14.9 Å². The van der Waals surface area contributed by atoms with E-state index >= 15 is 0 Å². The zero-order chi connectivity index (χ0) is 21.8. The second kappa shape index (κ2) is 9.13. The van der Waals surface area contributed by atoms with Crippen LogP contribution in [0.4, 0.5) is 17.1 Å². The van der Waals surface area contributed by atoms with Gasteiger partial charge in [-0.2, -0.15) is 0 Å². The molecular weight excluding hydrogens is 442 g/mol. The van der Waals surface area contributed by atoms with Gasteiger partial charge in [-0.25, -0.2) is 0 Å². The number of nitro benzene ring substituents is 1. The molecule has 2 rings (SSSR count). The molecule has 154 valence electrons. The van der Waals surface area contributed by atoms with Gasteiger partial charge in [-0.05, 0) is 35.6 Å². The first-order valence-corrected chi connectivity index (χ1v) is 9.61. The second-order valence-electron chi connectivity index (χ2n) is 7.43. The number of halogens is 1. The summed E-state index contributed by atoms with van der Waals surface area (Å²) >= 11 is 3.19. The fourth-order valence-corrected chi connectivity index (χ4v) is 3.00. The molecule has 29 heavy (non-hydrogen) atoms. The van der Waals surface area contributed by atoms with Crippen LogP contribution in [-0.4, -0.2) is 23.1 Å². The van der Waals surface area contributed by atoms with Crippen molar-refractivity contribution < 1.29 is 19.6 Å². The molecule has 0 amide bonds. The number of aryl methyl sites for hydroxylation is 1. The minimum absolute atomic E-state index is 0.0529. The Bertz CT molecular complexity index is 967. The quantitative estimate of drug-likeness (QED) is 0.248. The molecule has 0 aliphatic rings. The van der Waals surface area contributed by atoms with E-state index in [0.717, 1.165) is 5.56 Å². The van der Waals surface area contributed by atoms with Gasteiger partial charge in [0.05, 0.1) is 12.0 Å². The van der Waals surface area contributed by atoms with Crippen LogP contribution in [0, 0.1) is 10.1 Å². The lowest BCUT2D eigenvalue weighted by Gasteiger charge is -2.22. The number of azo groups is 1. The molecule has 0 aromatic heterocycles. The Labute approximate surface area is 176 Å². The highest BCUT2D eigenvalue weighted by Crippen LogP contribution is 2.40. The van der Waals surface area contributed by atoms with Crippen molar-refractivity contribution in [3.63, 3.8) is 0 Å². The van der Waals surface area contributed by atoms with Crippen molar-refractivity contribution in [1.29, 1.82) is 0 Å². The number of ether oxygens (including phenoxy) is 1. The van der Waals surface area contributed by atoms with Gasteiger partial charge >= 0.3 is 5.97 Å². The van der Waals surface area contributed by atoms with Gasteiger partial charge in [0.25, 0.3) is 5.69 Å². The Balaban J connectivity index is 2.50. The molecule has 0 heterocycles. The molecule has 0 radical (unpaired) electrons. The number of hydrogen-bond acceptors (Lipinski definition) is 7. The van der Waals surface area contributed by atoms with Crippen molar-refractivity contribution in [2.24, 2.45) is 10.2 Å². The minimum atomic E-state index is -0.549. The number of phenolic OH excluding ortho intramolecular Hbond substituents is 1. The number of methoxy groups -OCH3 is 1. The number of nitrogens with zero attached hydrogens (tertiary/aromatic N) is 3. The lowest BCUT2D eigenvalue weighted by Crippen LogP contribution is -2.12. The Morgan fingerprint density at radius 2 is 1.86 bits per heavy atom. The van der Waals surface area contributed by atoms with E-state index in [2.05, 4.69) is 30.9 Å². The number of aromatic hydroxyl groups is 1. The number of hydrogen-bond donors (Lipinski definition) is 1. The van der Waals surface area contributed by atoms with Crippen molar-refractivity contribution in [2.45, 2.75) is 39.0 Å². The van der Waals surface area contributed by atoms with Crippen LogP contribution in [0.25, 0.3) is 0 Å². The largest absolute Gasteiger partial charge is 0.505 e. The second-order valence-corrected chi connectivity index (χ2v) is 8.34. The van der Waals surface area contributed by atoms with Crippen LogP contribution in [0.2, 0.25) is 0 Å². The standard InChI is InChI=1S/C20H22BrN3O5/c1-20(2,3)14-9-12(5-8-18(25)29-4)10-16(19(14)26)23-22-15-7-6-13(21)11-17(15)24(27)28/h6-7,9-11,26H,5,8H2,1-4H3/b23-22+. The monoisotopic (exact) mass is 463 g/mol. The zero-order valence-corrected chi connectivity index (χ0v) is 18.2. The van der Waals surface area contributed by atoms with E-state index in [1.165, 1.54) is 19.2 Å². The molecule has 9 heteroatoms. The summed E-state index contributed by atoms with van der Waals surface area (Å²) in [6.45, 7) is 5.81. The number of benzene rings is 2. The van der Waals surface area contributed by atoms with Crippen LogP contribution in [0.15, 0.2) is 45.0 Å². The summed E-state index contributed by atoms with van der Waals surface area (Å²) in [5.74, 6) is -0.396. The molecule has 8 nitrogen and oxygen atoms in total. The Kier molecular flexibility index (Phi) is 7.07. The fourth-order valence-electron chi connectivity index (χ4n) is 2.65. The van der Waals surface area contributed by atoms with Crippen molar-refractivity contribution in [3.05, 3.63) is 56.0 Å². The molecule has 0 bridgehead atoms. The average molecular weight is 464 g/mol. The van der Waals surface area contributed by atoms with Gasteiger partial charge in [-0.15, -0.1) is 10.2 Å².